The molecule has 0 radical (unpaired) electrons. The molecule has 2 rings (SSSR count). The van der Waals surface area contributed by atoms with E-state index in [0.717, 1.165) is 12.1 Å². The van der Waals surface area contributed by atoms with Gasteiger partial charge in [-0.15, -0.1) is 18.2 Å². The first-order chi connectivity index (χ1) is 8.17. The molecule has 1 saturated carbocycles. The standard InChI is InChI=1S/C14H21ClN2/c1-3-14(2,11-15)10-12-8-9-17(16-12)13-6-4-5-7-13/h3,8-9,13H,1,4-7,10-11H2,2H3. The maximum atomic E-state index is 5.99. The van der Waals surface area contributed by atoms with Gasteiger partial charge in [0.05, 0.1) is 11.7 Å². The second kappa shape index (κ2) is 5.26. The summed E-state index contributed by atoms with van der Waals surface area (Å²) in [5.74, 6) is 0.590. The third-order valence-corrected chi connectivity index (χ3v) is 4.36. The van der Waals surface area contributed by atoms with Gasteiger partial charge in [0.15, 0.2) is 0 Å². The highest BCUT2D eigenvalue weighted by atomic mass is 35.5. The molecule has 1 aliphatic carbocycles. The van der Waals surface area contributed by atoms with Gasteiger partial charge in [0.1, 0.15) is 0 Å². The lowest BCUT2D eigenvalue weighted by Gasteiger charge is -2.21. The van der Waals surface area contributed by atoms with Crippen molar-refractivity contribution in [1.82, 2.24) is 9.78 Å². The average Bonchev–Trinajstić information content (AvgIpc) is 2.98. The van der Waals surface area contributed by atoms with E-state index in [1.54, 1.807) is 0 Å². The van der Waals surface area contributed by atoms with E-state index in [9.17, 15) is 0 Å². The SMILES string of the molecule is C=CC(C)(CCl)Cc1ccn(C2CCCC2)n1. The summed E-state index contributed by atoms with van der Waals surface area (Å²) in [6, 6.07) is 2.74. The van der Waals surface area contributed by atoms with E-state index in [0.29, 0.717) is 11.9 Å². The Bertz CT molecular complexity index is 379. The van der Waals surface area contributed by atoms with Gasteiger partial charge < -0.3 is 0 Å². The minimum Gasteiger partial charge on any atom is -0.269 e. The van der Waals surface area contributed by atoms with E-state index in [1.807, 2.05) is 6.08 Å². The third kappa shape index (κ3) is 2.92. The molecule has 94 valence electrons. The average molecular weight is 253 g/mol. The number of allylic oxidation sites excluding steroid dienone is 1. The molecule has 0 saturated heterocycles. The second-order valence-corrected chi connectivity index (χ2v) is 5.66. The van der Waals surface area contributed by atoms with Crippen molar-refractivity contribution < 1.29 is 0 Å². The van der Waals surface area contributed by atoms with E-state index >= 15 is 0 Å². The van der Waals surface area contributed by atoms with Gasteiger partial charge in [-0.3, -0.25) is 4.68 Å². The van der Waals surface area contributed by atoms with Gasteiger partial charge in [-0.05, 0) is 18.9 Å². The molecule has 1 atom stereocenters. The van der Waals surface area contributed by atoms with Crippen LogP contribution in [-0.2, 0) is 6.42 Å². The van der Waals surface area contributed by atoms with Crippen molar-refractivity contribution in [1.29, 1.82) is 0 Å². The summed E-state index contributed by atoms with van der Waals surface area (Å²) >= 11 is 5.99. The van der Waals surface area contributed by atoms with Gasteiger partial charge in [0.2, 0.25) is 0 Å². The van der Waals surface area contributed by atoms with Crippen LogP contribution in [0.15, 0.2) is 24.9 Å². The maximum absolute atomic E-state index is 5.99. The van der Waals surface area contributed by atoms with E-state index < -0.39 is 0 Å². The predicted octanol–water partition coefficient (Wildman–Crippen LogP) is 3.97. The molecule has 1 unspecified atom stereocenters. The Morgan fingerprint density at radius 2 is 2.29 bits per heavy atom. The van der Waals surface area contributed by atoms with Crippen molar-refractivity contribution in [3.63, 3.8) is 0 Å². The molecule has 1 aliphatic rings. The molecule has 1 fully saturated rings. The molecule has 0 bridgehead atoms. The van der Waals surface area contributed by atoms with Crippen LogP contribution in [0.5, 0.6) is 0 Å². The summed E-state index contributed by atoms with van der Waals surface area (Å²) in [6.07, 6.45) is 10.2. The zero-order valence-corrected chi connectivity index (χ0v) is 11.3. The molecule has 1 aromatic heterocycles. The molecule has 0 amide bonds. The van der Waals surface area contributed by atoms with Crippen molar-refractivity contribution in [3.05, 3.63) is 30.6 Å². The van der Waals surface area contributed by atoms with Crippen LogP contribution in [0.25, 0.3) is 0 Å². The molecule has 0 aliphatic heterocycles. The number of hydrogen-bond acceptors (Lipinski definition) is 1. The number of hydrogen-bond donors (Lipinski definition) is 0. The van der Waals surface area contributed by atoms with Crippen LogP contribution in [0.2, 0.25) is 0 Å². The lowest BCUT2D eigenvalue weighted by Crippen LogP contribution is -2.19. The van der Waals surface area contributed by atoms with Crippen molar-refractivity contribution >= 4 is 11.6 Å². The Balaban J connectivity index is 2.05. The van der Waals surface area contributed by atoms with E-state index in [-0.39, 0.29) is 5.41 Å². The first-order valence-electron chi connectivity index (χ1n) is 6.40. The molecule has 1 heterocycles. The van der Waals surface area contributed by atoms with Crippen LogP contribution in [0.1, 0.15) is 44.3 Å². The van der Waals surface area contributed by atoms with Crippen LogP contribution in [-0.4, -0.2) is 15.7 Å². The first kappa shape index (κ1) is 12.7. The summed E-state index contributed by atoms with van der Waals surface area (Å²) < 4.78 is 2.14. The van der Waals surface area contributed by atoms with Crippen LogP contribution in [0.3, 0.4) is 0 Å². The van der Waals surface area contributed by atoms with Gasteiger partial charge in [0, 0.05) is 23.9 Å². The van der Waals surface area contributed by atoms with E-state index in [1.165, 1.54) is 25.7 Å². The van der Waals surface area contributed by atoms with Crippen molar-refractivity contribution in [3.8, 4) is 0 Å². The normalized spacial score (nSPS) is 20.4. The minimum absolute atomic E-state index is 0.0452. The van der Waals surface area contributed by atoms with Crippen LogP contribution in [0, 0.1) is 5.41 Å². The van der Waals surface area contributed by atoms with Gasteiger partial charge in [-0.25, -0.2) is 0 Å². The number of rotatable bonds is 5. The van der Waals surface area contributed by atoms with Crippen molar-refractivity contribution in [2.45, 2.75) is 45.1 Å². The number of halogens is 1. The summed E-state index contributed by atoms with van der Waals surface area (Å²) in [7, 11) is 0. The molecular formula is C14H21ClN2. The minimum atomic E-state index is -0.0452. The highest BCUT2D eigenvalue weighted by molar-refractivity contribution is 6.18. The smallest absolute Gasteiger partial charge is 0.0633 e. The summed E-state index contributed by atoms with van der Waals surface area (Å²) in [6.45, 7) is 5.99. The maximum Gasteiger partial charge on any atom is 0.0633 e. The lowest BCUT2D eigenvalue weighted by atomic mass is 9.88. The fraction of sp³-hybridized carbons (Fsp3) is 0.643. The Hall–Kier alpha value is -0.760. The Morgan fingerprint density at radius 1 is 1.59 bits per heavy atom. The molecule has 3 heteroatoms. The molecule has 0 N–H and O–H groups in total. The number of nitrogens with zero attached hydrogens (tertiary/aromatic N) is 2. The van der Waals surface area contributed by atoms with Crippen molar-refractivity contribution in [2.75, 3.05) is 5.88 Å². The zero-order valence-electron chi connectivity index (χ0n) is 10.5. The highest BCUT2D eigenvalue weighted by Crippen LogP contribution is 2.30. The van der Waals surface area contributed by atoms with Gasteiger partial charge in [-0.1, -0.05) is 25.8 Å². The summed E-state index contributed by atoms with van der Waals surface area (Å²) in [5.41, 5.74) is 1.08. The van der Waals surface area contributed by atoms with Crippen molar-refractivity contribution in [2.24, 2.45) is 5.41 Å². The fourth-order valence-corrected chi connectivity index (χ4v) is 2.64. The quantitative estimate of drug-likeness (QED) is 0.573. The largest absolute Gasteiger partial charge is 0.269 e. The molecular weight excluding hydrogens is 232 g/mol. The highest BCUT2D eigenvalue weighted by Gasteiger charge is 2.22. The zero-order chi connectivity index (χ0) is 12.3. The monoisotopic (exact) mass is 252 g/mol. The van der Waals surface area contributed by atoms with Crippen LogP contribution >= 0.6 is 11.6 Å². The lowest BCUT2D eigenvalue weighted by molar-refractivity contribution is 0.442. The molecule has 1 aromatic rings. The molecule has 17 heavy (non-hydrogen) atoms. The summed E-state index contributed by atoms with van der Waals surface area (Å²) in [5, 5.41) is 4.68. The number of aromatic nitrogens is 2. The van der Waals surface area contributed by atoms with Crippen LogP contribution in [0.4, 0.5) is 0 Å². The number of alkyl halides is 1. The predicted molar refractivity (Wildman–Crippen MR) is 72.5 cm³/mol. The van der Waals surface area contributed by atoms with E-state index in [4.69, 9.17) is 11.6 Å². The first-order valence-corrected chi connectivity index (χ1v) is 6.94. The Kier molecular flexibility index (Phi) is 3.93. The molecule has 0 aromatic carbocycles. The fourth-order valence-electron chi connectivity index (χ4n) is 2.43. The second-order valence-electron chi connectivity index (χ2n) is 5.39. The Labute approximate surface area is 109 Å². The van der Waals surface area contributed by atoms with E-state index in [2.05, 4.69) is 35.5 Å². The molecule has 2 nitrogen and oxygen atoms in total. The van der Waals surface area contributed by atoms with Gasteiger partial charge in [0.25, 0.3) is 0 Å². The van der Waals surface area contributed by atoms with Crippen LogP contribution < -0.4 is 0 Å². The topological polar surface area (TPSA) is 17.8 Å². The summed E-state index contributed by atoms with van der Waals surface area (Å²) in [4.78, 5) is 0. The Morgan fingerprint density at radius 3 is 2.88 bits per heavy atom. The van der Waals surface area contributed by atoms with Gasteiger partial charge >= 0.3 is 0 Å². The van der Waals surface area contributed by atoms with Gasteiger partial charge in [-0.2, -0.15) is 5.10 Å². The third-order valence-electron chi connectivity index (χ3n) is 3.75. The molecule has 0 spiro atoms.